The molecule has 0 saturated heterocycles. The molecule has 0 aliphatic carbocycles. The Morgan fingerprint density at radius 2 is 1.88 bits per heavy atom. The lowest BCUT2D eigenvalue weighted by Gasteiger charge is -2.11. The first-order valence-corrected chi connectivity index (χ1v) is 9.24. The fourth-order valence-corrected chi connectivity index (χ4v) is 2.96. The second kappa shape index (κ2) is 7.46. The Bertz CT molecular complexity index is 863. The molecule has 8 heteroatoms. The van der Waals surface area contributed by atoms with Crippen molar-refractivity contribution in [2.24, 2.45) is 0 Å². The van der Waals surface area contributed by atoms with Crippen molar-refractivity contribution in [2.75, 3.05) is 11.9 Å². The van der Waals surface area contributed by atoms with Gasteiger partial charge in [0.25, 0.3) is 15.0 Å². The number of halogens is 1. The first kappa shape index (κ1) is 18.0. The van der Waals surface area contributed by atoms with Gasteiger partial charge in [0.1, 0.15) is 16.9 Å². The smallest absolute Gasteiger partial charge is 0.265 e. The highest BCUT2D eigenvalue weighted by Gasteiger charge is 2.18. The minimum Gasteiger partial charge on any atom is -0.492 e. The minimum absolute atomic E-state index is 0.112. The molecular formula is C16H14ClNO5S. The van der Waals surface area contributed by atoms with Gasteiger partial charge in [-0.1, -0.05) is 12.1 Å². The van der Waals surface area contributed by atoms with E-state index in [-0.39, 0.29) is 22.9 Å². The average Bonchev–Trinajstić information content (AvgIpc) is 2.55. The summed E-state index contributed by atoms with van der Waals surface area (Å²) < 4.78 is 28.5. The topological polar surface area (TPSA) is 89.5 Å². The molecule has 2 aromatic rings. The van der Waals surface area contributed by atoms with Crippen LogP contribution in [-0.2, 0) is 9.05 Å². The highest BCUT2D eigenvalue weighted by molar-refractivity contribution is 8.13. The van der Waals surface area contributed by atoms with Crippen LogP contribution >= 0.6 is 10.7 Å². The van der Waals surface area contributed by atoms with Crippen molar-refractivity contribution in [3.63, 3.8) is 0 Å². The van der Waals surface area contributed by atoms with Crippen molar-refractivity contribution in [3.05, 3.63) is 53.6 Å². The zero-order chi connectivity index (χ0) is 17.7. The van der Waals surface area contributed by atoms with Crippen molar-refractivity contribution in [1.82, 2.24) is 0 Å². The van der Waals surface area contributed by atoms with E-state index in [2.05, 4.69) is 5.32 Å². The third-order valence-electron chi connectivity index (χ3n) is 3.07. The molecule has 1 N–H and O–H groups in total. The van der Waals surface area contributed by atoms with Crippen molar-refractivity contribution in [2.45, 2.75) is 11.8 Å². The van der Waals surface area contributed by atoms with Crippen molar-refractivity contribution in [1.29, 1.82) is 0 Å². The van der Waals surface area contributed by atoms with E-state index in [0.29, 0.717) is 17.4 Å². The molecule has 0 spiro atoms. The van der Waals surface area contributed by atoms with E-state index in [9.17, 15) is 18.0 Å². The Hall–Kier alpha value is -2.38. The van der Waals surface area contributed by atoms with Crippen LogP contribution in [0.3, 0.4) is 0 Å². The number of nitrogens with one attached hydrogen (secondary N) is 1. The summed E-state index contributed by atoms with van der Waals surface area (Å²) in [5, 5.41) is 2.57. The van der Waals surface area contributed by atoms with Crippen LogP contribution in [0.1, 0.15) is 27.6 Å². The zero-order valence-corrected chi connectivity index (χ0v) is 14.2. The molecule has 126 valence electrons. The van der Waals surface area contributed by atoms with E-state index < -0.39 is 15.0 Å². The van der Waals surface area contributed by atoms with Crippen LogP contribution < -0.4 is 10.1 Å². The van der Waals surface area contributed by atoms with Crippen LogP contribution in [0.2, 0.25) is 0 Å². The average molecular weight is 368 g/mol. The third kappa shape index (κ3) is 4.33. The number of rotatable bonds is 6. The second-order valence-corrected chi connectivity index (χ2v) is 7.26. The lowest BCUT2D eigenvalue weighted by Crippen LogP contribution is -2.12. The van der Waals surface area contributed by atoms with Crippen LogP contribution in [0.15, 0.2) is 47.4 Å². The number of anilines is 1. The normalized spacial score (nSPS) is 10.9. The van der Waals surface area contributed by atoms with Gasteiger partial charge < -0.3 is 10.1 Å². The largest absolute Gasteiger partial charge is 0.492 e. The van der Waals surface area contributed by atoms with Gasteiger partial charge in [-0.25, -0.2) is 8.42 Å². The fraction of sp³-hybridized carbons (Fsp3) is 0.125. The van der Waals surface area contributed by atoms with Gasteiger partial charge in [0.2, 0.25) is 0 Å². The Kier molecular flexibility index (Phi) is 5.58. The van der Waals surface area contributed by atoms with Gasteiger partial charge in [-0.3, -0.25) is 9.59 Å². The Morgan fingerprint density at radius 3 is 2.42 bits per heavy atom. The molecule has 2 rings (SSSR count). The SMILES string of the molecule is CCOc1ccc(NC(=O)c2ccc(C=O)cc2)cc1S(=O)(=O)Cl. The molecule has 1 amide bonds. The van der Waals surface area contributed by atoms with Gasteiger partial charge in [0.15, 0.2) is 0 Å². The maximum atomic E-state index is 12.2. The molecule has 0 heterocycles. The summed E-state index contributed by atoms with van der Waals surface area (Å²) in [6, 6.07) is 10.2. The fourth-order valence-electron chi connectivity index (χ4n) is 1.97. The van der Waals surface area contributed by atoms with Crippen LogP contribution in [0.25, 0.3) is 0 Å². The highest BCUT2D eigenvalue weighted by Crippen LogP contribution is 2.30. The summed E-state index contributed by atoms with van der Waals surface area (Å²) in [5.41, 5.74) is 1.02. The standard InChI is InChI=1S/C16H14ClNO5S/c1-2-23-14-8-7-13(9-15(14)24(17,21)22)18-16(20)12-5-3-11(10-19)4-6-12/h3-10H,2H2,1H3,(H,18,20). The minimum atomic E-state index is -4.03. The molecule has 0 unspecified atom stereocenters. The van der Waals surface area contributed by atoms with Gasteiger partial charge in [-0.15, -0.1) is 0 Å². The lowest BCUT2D eigenvalue weighted by molar-refractivity contribution is 0.102. The quantitative estimate of drug-likeness (QED) is 0.626. The van der Waals surface area contributed by atoms with E-state index in [1.54, 1.807) is 6.92 Å². The van der Waals surface area contributed by atoms with E-state index in [4.69, 9.17) is 15.4 Å². The molecule has 0 fully saturated rings. The molecule has 0 aliphatic heterocycles. The number of carbonyl (C=O) groups is 2. The predicted molar refractivity (Wildman–Crippen MR) is 90.4 cm³/mol. The van der Waals surface area contributed by atoms with Gasteiger partial charge in [-0.05, 0) is 37.3 Å². The molecular weight excluding hydrogens is 354 g/mol. The van der Waals surface area contributed by atoms with Gasteiger partial charge in [-0.2, -0.15) is 0 Å². The first-order valence-electron chi connectivity index (χ1n) is 6.93. The van der Waals surface area contributed by atoms with E-state index >= 15 is 0 Å². The Morgan fingerprint density at radius 1 is 1.21 bits per heavy atom. The maximum Gasteiger partial charge on any atom is 0.265 e. The summed E-state index contributed by atoms with van der Waals surface area (Å²) in [7, 11) is 1.37. The molecule has 24 heavy (non-hydrogen) atoms. The van der Waals surface area contributed by atoms with E-state index in [0.717, 1.165) is 0 Å². The number of ether oxygens (including phenoxy) is 1. The molecule has 0 atom stereocenters. The predicted octanol–water partition coefficient (Wildman–Crippen LogP) is 3.08. The van der Waals surface area contributed by atoms with Crippen LogP contribution in [-0.4, -0.2) is 27.2 Å². The number of aldehydes is 1. The summed E-state index contributed by atoms with van der Waals surface area (Å²) >= 11 is 0. The monoisotopic (exact) mass is 367 g/mol. The Balaban J connectivity index is 2.28. The van der Waals surface area contributed by atoms with Crippen molar-refractivity contribution >= 4 is 37.6 Å². The lowest BCUT2D eigenvalue weighted by atomic mass is 10.1. The van der Waals surface area contributed by atoms with Gasteiger partial charge >= 0.3 is 0 Å². The first-order chi connectivity index (χ1) is 11.3. The van der Waals surface area contributed by atoms with Crippen molar-refractivity contribution < 1.29 is 22.7 Å². The molecule has 0 aliphatic rings. The summed E-state index contributed by atoms with van der Waals surface area (Å²) in [5.74, 6) is -0.338. The number of hydrogen-bond donors (Lipinski definition) is 1. The second-order valence-electron chi connectivity index (χ2n) is 4.73. The molecule has 6 nitrogen and oxygen atoms in total. The number of hydrogen-bond acceptors (Lipinski definition) is 5. The summed E-state index contributed by atoms with van der Waals surface area (Å²) in [6.45, 7) is 1.98. The number of amides is 1. The summed E-state index contributed by atoms with van der Waals surface area (Å²) in [6.07, 6.45) is 0.672. The van der Waals surface area contributed by atoms with Gasteiger partial charge in [0.05, 0.1) is 6.61 Å². The van der Waals surface area contributed by atoms with Crippen LogP contribution in [0, 0.1) is 0 Å². The number of benzene rings is 2. The molecule has 0 saturated carbocycles. The van der Waals surface area contributed by atoms with Gasteiger partial charge in [0, 0.05) is 27.5 Å². The molecule has 0 bridgehead atoms. The van der Waals surface area contributed by atoms with Crippen LogP contribution in [0.5, 0.6) is 5.75 Å². The number of carbonyl (C=O) groups excluding carboxylic acids is 2. The molecule has 2 aromatic carbocycles. The molecule has 0 radical (unpaired) electrons. The van der Waals surface area contributed by atoms with Crippen molar-refractivity contribution in [3.8, 4) is 5.75 Å². The highest BCUT2D eigenvalue weighted by atomic mass is 35.7. The zero-order valence-electron chi connectivity index (χ0n) is 12.7. The van der Waals surface area contributed by atoms with E-state index in [1.165, 1.54) is 42.5 Å². The van der Waals surface area contributed by atoms with Crippen LogP contribution in [0.4, 0.5) is 5.69 Å². The summed E-state index contributed by atoms with van der Waals surface area (Å²) in [4.78, 5) is 22.6. The Labute approximate surface area is 143 Å². The maximum absolute atomic E-state index is 12.2. The third-order valence-corrected chi connectivity index (χ3v) is 4.42. The van der Waals surface area contributed by atoms with E-state index in [1.807, 2.05) is 0 Å². The molecule has 0 aromatic heterocycles.